The molecule has 1 heterocycles. The fraction of sp³-hybridized carbons (Fsp3) is 0.292. The van der Waals surface area contributed by atoms with E-state index in [0.29, 0.717) is 17.9 Å². The van der Waals surface area contributed by atoms with Crippen LogP contribution in [0.4, 0.5) is 17.6 Å². The lowest BCUT2D eigenvalue weighted by Crippen LogP contribution is -2.45. The number of para-hydroxylation sites is 1. The molecule has 2 aromatic carbocycles. The summed E-state index contributed by atoms with van der Waals surface area (Å²) >= 11 is 0. The predicted octanol–water partition coefficient (Wildman–Crippen LogP) is 3.09. The van der Waals surface area contributed by atoms with Crippen LogP contribution in [0, 0.1) is 5.92 Å². The zero-order chi connectivity index (χ0) is 24.5. The second-order valence-electron chi connectivity index (χ2n) is 7.68. The topological polar surface area (TPSA) is 141 Å². The molecule has 1 amide bonds. The Morgan fingerprint density at radius 3 is 2.35 bits per heavy atom. The van der Waals surface area contributed by atoms with Gasteiger partial charge in [-0.3, -0.25) is 4.79 Å². The molecule has 4 N–H and O–H groups in total. The van der Waals surface area contributed by atoms with Gasteiger partial charge < -0.3 is 25.8 Å². The summed E-state index contributed by atoms with van der Waals surface area (Å²) in [6, 6.07) is 15.1. The number of hydrogen-bond donors (Lipinski definition) is 3. The molecular weight excluding hydrogens is 436 g/mol. The van der Waals surface area contributed by atoms with Gasteiger partial charge in [-0.2, -0.15) is 15.0 Å². The van der Waals surface area contributed by atoms with E-state index >= 15 is 0 Å². The zero-order valence-corrected chi connectivity index (χ0v) is 19.3. The van der Waals surface area contributed by atoms with Crippen LogP contribution in [0.15, 0.2) is 54.6 Å². The van der Waals surface area contributed by atoms with Gasteiger partial charge in [-0.25, -0.2) is 4.79 Å². The lowest BCUT2D eigenvalue weighted by atomic mass is 10.0. The fourth-order valence-corrected chi connectivity index (χ4v) is 3.03. The Hall–Kier alpha value is -4.21. The molecule has 0 bridgehead atoms. The largest absolute Gasteiger partial charge is 0.494 e. The standard InChI is InChI=1S/C24H28N6O4/c1-4-33-18-12-10-16(11-13-18)21(31)29-20(15(2)3)22(32)34-14-19-27-23(25)30-24(28-19)26-17-8-6-5-7-9-17/h5-13,15,20H,4,14H2,1-3H3,(H,29,31)(H3,25,26,27,28,30)/t20-/m0/s1. The van der Waals surface area contributed by atoms with Gasteiger partial charge in [0, 0.05) is 11.3 Å². The molecular formula is C24H28N6O4. The summed E-state index contributed by atoms with van der Waals surface area (Å²) in [6.45, 7) is 5.81. The van der Waals surface area contributed by atoms with Crippen LogP contribution < -0.4 is 21.1 Å². The molecule has 178 valence electrons. The van der Waals surface area contributed by atoms with Gasteiger partial charge >= 0.3 is 5.97 Å². The number of esters is 1. The maximum absolute atomic E-state index is 12.7. The van der Waals surface area contributed by atoms with Crippen molar-refractivity contribution in [3.63, 3.8) is 0 Å². The maximum atomic E-state index is 12.7. The molecule has 10 heteroatoms. The van der Waals surface area contributed by atoms with Crippen molar-refractivity contribution in [2.45, 2.75) is 33.4 Å². The first-order chi connectivity index (χ1) is 16.4. The molecule has 0 spiro atoms. The highest BCUT2D eigenvalue weighted by atomic mass is 16.5. The van der Waals surface area contributed by atoms with Crippen molar-refractivity contribution in [2.24, 2.45) is 5.92 Å². The molecule has 10 nitrogen and oxygen atoms in total. The summed E-state index contributed by atoms with van der Waals surface area (Å²) < 4.78 is 10.8. The van der Waals surface area contributed by atoms with Crippen molar-refractivity contribution < 1.29 is 19.1 Å². The highest BCUT2D eigenvalue weighted by molar-refractivity contribution is 5.96. The Labute approximate surface area is 197 Å². The second-order valence-corrected chi connectivity index (χ2v) is 7.68. The Bertz CT molecular complexity index is 1110. The molecule has 34 heavy (non-hydrogen) atoms. The Balaban J connectivity index is 1.62. The molecule has 1 aromatic heterocycles. The molecule has 0 aliphatic rings. The minimum atomic E-state index is -0.861. The van der Waals surface area contributed by atoms with Gasteiger partial charge in [0.2, 0.25) is 11.9 Å². The summed E-state index contributed by atoms with van der Waals surface area (Å²) in [5, 5.41) is 5.75. The van der Waals surface area contributed by atoms with Crippen LogP contribution in [0.5, 0.6) is 5.75 Å². The normalized spacial score (nSPS) is 11.5. The molecule has 1 atom stereocenters. The van der Waals surface area contributed by atoms with Crippen LogP contribution >= 0.6 is 0 Å². The molecule has 0 saturated heterocycles. The smallest absolute Gasteiger partial charge is 0.329 e. The van der Waals surface area contributed by atoms with E-state index in [1.807, 2.05) is 51.1 Å². The van der Waals surface area contributed by atoms with Gasteiger partial charge in [0.15, 0.2) is 12.4 Å². The van der Waals surface area contributed by atoms with E-state index in [-0.39, 0.29) is 30.2 Å². The van der Waals surface area contributed by atoms with Gasteiger partial charge in [0.1, 0.15) is 11.8 Å². The van der Waals surface area contributed by atoms with E-state index in [2.05, 4.69) is 25.6 Å². The molecule has 0 fully saturated rings. The lowest BCUT2D eigenvalue weighted by molar-refractivity contribution is -0.148. The third kappa shape index (κ3) is 6.89. The quantitative estimate of drug-likeness (QED) is 0.386. The van der Waals surface area contributed by atoms with Crippen LogP contribution in [0.1, 0.15) is 37.0 Å². The van der Waals surface area contributed by atoms with Crippen LogP contribution in [0.3, 0.4) is 0 Å². The highest BCUT2D eigenvalue weighted by Crippen LogP contribution is 2.15. The van der Waals surface area contributed by atoms with Crippen molar-refractivity contribution in [3.05, 3.63) is 66.0 Å². The molecule has 0 saturated carbocycles. The number of aromatic nitrogens is 3. The van der Waals surface area contributed by atoms with E-state index in [1.54, 1.807) is 24.3 Å². The van der Waals surface area contributed by atoms with Gasteiger partial charge in [-0.05, 0) is 49.2 Å². The zero-order valence-electron chi connectivity index (χ0n) is 19.3. The number of carbonyl (C=O) groups is 2. The van der Waals surface area contributed by atoms with E-state index in [4.69, 9.17) is 15.2 Å². The first-order valence-electron chi connectivity index (χ1n) is 10.9. The SMILES string of the molecule is CCOc1ccc(C(=O)N[C@H](C(=O)OCc2nc(N)nc(Nc3ccccc3)n2)C(C)C)cc1. The molecule has 3 aromatic rings. The number of benzene rings is 2. The number of nitrogens with one attached hydrogen (secondary N) is 2. The van der Waals surface area contributed by atoms with Gasteiger partial charge in [0.05, 0.1) is 6.61 Å². The number of nitrogens with two attached hydrogens (primary N) is 1. The number of carbonyl (C=O) groups excluding carboxylic acids is 2. The van der Waals surface area contributed by atoms with Gasteiger partial charge in [-0.15, -0.1) is 0 Å². The van der Waals surface area contributed by atoms with Crippen molar-refractivity contribution >= 4 is 29.5 Å². The third-order valence-electron chi connectivity index (χ3n) is 4.71. The summed E-state index contributed by atoms with van der Waals surface area (Å²) in [4.78, 5) is 37.7. The number of hydrogen-bond acceptors (Lipinski definition) is 9. The number of rotatable bonds is 10. The van der Waals surface area contributed by atoms with Crippen molar-refractivity contribution in [1.82, 2.24) is 20.3 Å². The van der Waals surface area contributed by atoms with Crippen molar-refractivity contribution in [1.29, 1.82) is 0 Å². The minimum Gasteiger partial charge on any atom is -0.494 e. The van der Waals surface area contributed by atoms with Crippen LogP contribution in [-0.2, 0) is 16.1 Å². The van der Waals surface area contributed by atoms with E-state index < -0.39 is 17.9 Å². The Morgan fingerprint density at radius 1 is 1.00 bits per heavy atom. The molecule has 0 aliphatic heterocycles. The first kappa shape index (κ1) is 24.4. The van der Waals surface area contributed by atoms with E-state index in [9.17, 15) is 9.59 Å². The third-order valence-corrected chi connectivity index (χ3v) is 4.71. The van der Waals surface area contributed by atoms with Crippen molar-refractivity contribution in [3.8, 4) is 5.75 Å². The summed E-state index contributed by atoms with van der Waals surface area (Å²) in [6.07, 6.45) is 0. The van der Waals surface area contributed by atoms with Crippen LogP contribution in [0.2, 0.25) is 0 Å². The van der Waals surface area contributed by atoms with E-state index in [0.717, 1.165) is 5.69 Å². The van der Waals surface area contributed by atoms with Crippen molar-refractivity contribution in [2.75, 3.05) is 17.7 Å². The molecule has 0 aliphatic carbocycles. The van der Waals surface area contributed by atoms with Crippen LogP contribution in [0.25, 0.3) is 0 Å². The lowest BCUT2D eigenvalue weighted by Gasteiger charge is -2.21. The summed E-state index contributed by atoms with van der Waals surface area (Å²) in [7, 11) is 0. The monoisotopic (exact) mass is 464 g/mol. The second kappa shape index (κ2) is 11.6. The minimum absolute atomic E-state index is 0.0105. The van der Waals surface area contributed by atoms with E-state index in [1.165, 1.54) is 0 Å². The van der Waals surface area contributed by atoms with Crippen LogP contribution in [-0.4, -0.2) is 39.5 Å². The fourth-order valence-electron chi connectivity index (χ4n) is 3.03. The number of nitrogen functional groups attached to an aromatic ring is 1. The maximum Gasteiger partial charge on any atom is 0.329 e. The molecule has 0 radical (unpaired) electrons. The van der Waals surface area contributed by atoms with Gasteiger partial charge in [0.25, 0.3) is 5.91 Å². The Kier molecular flexibility index (Phi) is 8.33. The number of anilines is 3. The average molecular weight is 465 g/mol. The molecule has 3 rings (SSSR count). The summed E-state index contributed by atoms with van der Waals surface area (Å²) in [5.41, 5.74) is 6.96. The number of amides is 1. The summed E-state index contributed by atoms with van der Waals surface area (Å²) in [5.74, 6) is -0.143. The highest BCUT2D eigenvalue weighted by Gasteiger charge is 2.26. The average Bonchev–Trinajstić information content (AvgIpc) is 2.81. The van der Waals surface area contributed by atoms with Gasteiger partial charge in [-0.1, -0.05) is 32.0 Å². The number of ether oxygens (including phenoxy) is 2. The first-order valence-corrected chi connectivity index (χ1v) is 10.9. The number of nitrogens with zero attached hydrogens (tertiary/aromatic N) is 3. The predicted molar refractivity (Wildman–Crippen MR) is 127 cm³/mol. The molecule has 0 unspecified atom stereocenters. The Morgan fingerprint density at radius 2 is 1.71 bits per heavy atom.